The predicted octanol–water partition coefficient (Wildman–Crippen LogP) is 3.33. The maximum atomic E-state index is 10.9. The lowest BCUT2D eigenvalue weighted by Crippen LogP contribution is -1.99. The van der Waals surface area contributed by atoms with Gasteiger partial charge in [0, 0.05) is 24.0 Å². The SMILES string of the molecule is COc1ccc([N+](=O)[O-])cc1Oc1c(CBr)c(C)nn1C. The van der Waals surface area contributed by atoms with Crippen LogP contribution in [0.1, 0.15) is 11.3 Å². The first-order chi connectivity index (χ1) is 9.97. The van der Waals surface area contributed by atoms with E-state index in [1.807, 2.05) is 6.92 Å². The van der Waals surface area contributed by atoms with Gasteiger partial charge in [0.25, 0.3) is 5.69 Å². The molecule has 1 aromatic carbocycles. The number of aryl methyl sites for hydroxylation is 2. The van der Waals surface area contributed by atoms with Crippen LogP contribution in [0.3, 0.4) is 0 Å². The number of halogens is 1. The Labute approximate surface area is 129 Å². The van der Waals surface area contributed by atoms with E-state index in [0.29, 0.717) is 17.0 Å². The van der Waals surface area contributed by atoms with E-state index in [9.17, 15) is 10.1 Å². The molecule has 1 aromatic heterocycles. The smallest absolute Gasteiger partial charge is 0.273 e. The molecule has 0 saturated heterocycles. The van der Waals surface area contributed by atoms with Gasteiger partial charge in [-0.2, -0.15) is 5.10 Å². The highest BCUT2D eigenvalue weighted by molar-refractivity contribution is 9.08. The van der Waals surface area contributed by atoms with Crippen molar-refractivity contribution in [2.75, 3.05) is 7.11 Å². The molecule has 0 fully saturated rings. The van der Waals surface area contributed by atoms with E-state index in [1.54, 1.807) is 11.7 Å². The summed E-state index contributed by atoms with van der Waals surface area (Å²) < 4.78 is 12.6. The van der Waals surface area contributed by atoms with E-state index in [4.69, 9.17) is 9.47 Å². The molecule has 0 N–H and O–H groups in total. The minimum Gasteiger partial charge on any atom is -0.493 e. The van der Waals surface area contributed by atoms with E-state index in [1.165, 1.54) is 25.3 Å². The van der Waals surface area contributed by atoms with Crippen LogP contribution in [0.2, 0.25) is 0 Å². The van der Waals surface area contributed by atoms with Gasteiger partial charge < -0.3 is 9.47 Å². The Morgan fingerprint density at radius 1 is 1.43 bits per heavy atom. The summed E-state index contributed by atoms with van der Waals surface area (Å²) in [5, 5.41) is 15.7. The summed E-state index contributed by atoms with van der Waals surface area (Å²) in [4.78, 5) is 10.4. The van der Waals surface area contributed by atoms with Crippen LogP contribution in [0.4, 0.5) is 5.69 Å². The van der Waals surface area contributed by atoms with Crippen molar-refractivity contribution < 1.29 is 14.4 Å². The molecule has 0 atom stereocenters. The number of nitro benzene ring substituents is 1. The molecule has 0 aliphatic heterocycles. The molecule has 7 nitrogen and oxygen atoms in total. The van der Waals surface area contributed by atoms with Crippen LogP contribution in [0.5, 0.6) is 17.4 Å². The summed E-state index contributed by atoms with van der Waals surface area (Å²) in [6.45, 7) is 1.87. The number of aromatic nitrogens is 2. The second-order valence-corrected chi connectivity index (χ2v) is 4.88. The van der Waals surface area contributed by atoms with Crippen molar-refractivity contribution in [2.45, 2.75) is 12.3 Å². The van der Waals surface area contributed by atoms with Crippen LogP contribution < -0.4 is 9.47 Å². The average Bonchev–Trinajstić information content (AvgIpc) is 2.72. The van der Waals surface area contributed by atoms with Gasteiger partial charge in [0.15, 0.2) is 11.5 Å². The lowest BCUT2D eigenvalue weighted by molar-refractivity contribution is -0.384. The van der Waals surface area contributed by atoms with Gasteiger partial charge >= 0.3 is 0 Å². The Hall–Kier alpha value is -2.09. The summed E-state index contributed by atoms with van der Waals surface area (Å²) in [7, 11) is 3.23. The lowest BCUT2D eigenvalue weighted by atomic mass is 10.2. The topological polar surface area (TPSA) is 79.4 Å². The van der Waals surface area contributed by atoms with Crippen LogP contribution in [-0.4, -0.2) is 21.8 Å². The molecule has 0 aliphatic rings. The minimum atomic E-state index is -0.480. The summed E-state index contributed by atoms with van der Waals surface area (Å²) in [6, 6.07) is 4.20. The Balaban J connectivity index is 2.47. The molecule has 2 rings (SSSR count). The third-order valence-corrected chi connectivity index (χ3v) is 3.55. The molecule has 21 heavy (non-hydrogen) atoms. The summed E-state index contributed by atoms with van der Waals surface area (Å²) in [6.07, 6.45) is 0. The Kier molecular flexibility index (Phi) is 4.46. The fourth-order valence-corrected chi connectivity index (χ4v) is 2.57. The third-order valence-electron chi connectivity index (χ3n) is 2.99. The number of nitrogens with zero attached hydrogens (tertiary/aromatic N) is 3. The number of non-ortho nitro benzene ring substituents is 1. The zero-order valence-corrected chi connectivity index (χ0v) is 13.4. The van der Waals surface area contributed by atoms with Crippen molar-refractivity contribution in [2.24, 2.45) is 7.05 Å². The zero-order valence-electron chi connectivity index (χ0n) is 11.8. The summed E-state index contributed by atoms with van der Waals surface area (Å²) >= 11 is 3.39. The van der Waals surface area contributed by atoms with E-state index in [0.717, 1.165) is 11.3 Å². The van der Waals surface area contributed by atoms with Gasteiger partial charge in [0.05, 0.1) is 23.8 Å². The first-order valence-corrected chi connectivity index (χ1v) is 7.18. The normalized spacial score (nSPS) is 10.5. The molecule has 1 heterocycles. The average molecular weight is 356 g/mol. The number of hydrogen-bond donors (Lipinski definition) is 0. The number of ether oxygens (including phenoxy) is 2. The van der Waals surface area contributed by atoms with E-state index >= 15 is 0 Å². The second kappa shape index (κ2) is 6.13. The van der Waals surface area contributed by atoms with Gasteiger partial charge in [0.2, 0.25) is 5.88 Å². The van der Waals surface area contributed by atoms with Crippen molar-refractivity contribution >= 4 is 21.6 Å². The predicted molar refractivity (Wildman–Crippen MR) is 80.3 cm³/mol. The largest absolute Gasteiger partial charge is 0.493 e. The number of rotatable bonds is 5. The van der Waals surface area contributed by atoms with Crippen LogP contribution >= 0.6 is 15.9 Å². The molecular weight excluding hydrogens is 342 g/mol. The Morgan fingerprint density at radius 2 is 2.14 bits per heavy atom. The van der Waals surface area contributed by atoms with Gasteiger partial charge in [0.1, 0.15) is 0 Å². The number of alkyl halides is 1. The molecule has 0 bridgehead atoms. The van der Waals surface area contributed by atoms with Crippen molar-refractivity contribution in [3.05, 3.63) is 39.6 Å². The molecule has 2 aromatic rings. The van der Waals surface area contributed by atoms with Crippen LogP contribution in [0.15, 0.2) is 18.2 Å². The fourth-order valence-electron chi connectivity index (χ4n) is 1.93. The highest BCUT2D eigenvalue weighted by Crippen LogP contribution is 2.36. The number of hydrogen-bond acceptors (Lipinski definition) is 5. The van der Waals surface area contributed by atoms with Crippen LogP contribution in [0, 0.1) is 17.0 Å². The molecule has 0 unspecified atom stereocenters. The lowest BCUT2D eigenvalue weighted by Gasteiger charge is -2.11. The van der Waals surface area contributed by atoms with E-state index < -0.39 is 4.92 Å². The van der Waals surface area contributed by atoms with Gasteiger partial charge in [-0.3, -0.25) is 10.1 Å². The summed E-state index contributed by atoms with van der Waals surface area (Å²) in [5.74, 6) is 1.21. The third kappa shape index (κ3) is 2.99. The number of methoxy groups -OCH3 is 1. The van der Waals surface area contributed by atoms with Gasteiger partial charge in [-0.05, 0) is 13.0 Å². The van der Waals surface area contributed by atoms with Gasteiger partial charge in [-0.1, -0.05) is 15.9 Å². The van der Waals surface area contributed by atoms with Crippen LogP contribution in [0.25, 0.3) is 0 Å². The maximum Gasteiger partial charge on any atom is 0.273 e. The quantitative estimate of drug-likeness (QED) is 0.466. The fraction of sp³-hybridized carbons (Fsp3) is 0.308. The van der Waals surface area contributed by atoms with E-state index in [2.05, 4.69) is 21.0 Å². The van der Waals surface area contributed by atoms with Gasteiger partial charge in [-0.15, -0.1) is 0 Å². The monoisotopic (exact) mass is 355 g/mol. The number of benzene rings is 1. The standard InChI is InChI=1S/C13H14BrN3O4/c1-8-10(7-14)13(16(2)15-8)21-12-6-9(17(18)19)4-5-11(12)20-3/h4-6H,7H2,1-3H3. The molecule has 8 heteroatoms. The Bertz CT molecular complexity index is 684. The molecule has 0 amide bonds. The minimum absolute atomic E-state index is 0.0647. The van der Waals surface area contributed by atoms with Crippen molar-refractivity contribution in [1.29, 1.82) is 0 Å². The molecule has 0 spiro atoms. The zero-order chi connectivity index (χ0) is 15.6. The highest BCUT2D eigenvalue weighted by atomic mass is 79.9. The molecule has 0 saturated carbocycles. The first-order valence-electron chi connectivity index (χ1n) is 6.06. The van der Waals surface area contributed by atoms with E-state index in [-0.39, 0.29) is 11.4 Å². The second-order valence-electron chi connectivity index (χ2n) is 4.32. The highest BCUT2D eigenvalue weighted by Gasteiger charge is 2.18. The van der Waals surface area contributed by atoms with Crippen molar-refractivity contribution in [1.82, 2.24) is 9.78 Å². The van der Waals surface area contributed by atoms with Crippen LogP contribution in [-0.2, 0) is 12.4 Å². The maximum absolute atomic E-state index is 10.9. The Morgan fingerprint density at radius 3 is 2.71 bits per heavy atom. The van der Waals surface area contributed by atoms with Gasteiger partial charge in [-0.25, -0.2) is 4.68 Å². The van der Waals surface area contributed by atoms with Crippen molar-refractivity contribution in [3.63, 3.8) is 0 Å². The number of nitro groups is 1. The molecule has 0 aliphatic carbocycles. The molecule has 112 valence electrons. The molecule has 0 radical (unpaired) electrons. The summed E-state index contributed by atoms with van der Waals surface area (Å²) in [5.41, 5.74) is 1.64. The first kappa shape index (κ1) is 15.3. The van der Waals surface area contributed by atoms with Crippen molar-refractivity contribution in [3.8, 4) is 17.4 Å². The molecular formula is C13H14BrN3O4.